The summed E-state index contributed by atoms with van der Waals surface area (Å²) in [6.45, 7) is 5.31. The van der Waals surface area contributed by atoms with Gasteiger partial charge in [0.15, 0.2) is 0 Å². The third-order valence-electron chi connectivity index (χ3n) is 2.51. The Bertz CT molecular complexity index is 122. The van der Waals surface area contributed by atoms with Gasteiger partial charge in [-0.25, -0.2) is 0 Å². The third kappa shape index (κ3) is 5.24. The van der Waals surface area contributed by atoms with Crippen molar-refractivity contribution in [2.45, 2.75) is 12.8 Å². The summed E-state index contributed by atoms with van der Waals surface area (Å²) in [5.41, 5.74) is 0. The van der Waals surface area contributed by atoms with Crippen LogP contribution in [0, 0.1) is 5.92 Å². The summed E-state index contributed by atoms with van der Waals surface area (Å²) in [5.74, 6) is 0.843. The largest absolute Gasteiger partial charge is 0.381 e. The molecule has 3 heteroatoms. The fraction of sp³-hybridized carbons (Fsp3) is 1.00. The lowest BCUT2D eigenvalue weighted by Gasteiger charge is -2.22. The van der Waals surface area contributed by atoms with Crippen molar-refractivity contribution in [3.8, 4) is 0 Å². The fourth-order valence-electron chi connectivity index (χ4n) is 1.56. The summed E-state index contributed by atoms with van der Waals surface area (Å²) < 4.78 is 5.31. The van der Waals surface area contributed by atoms with E-state index in [4.69, 9.17) is 4.74 Å². The number of likely N-dealkylation sites (N-methyl/N-ethyl adjacent to an activating group) is 1. The maximum absolute atomic E-state index is 5.31. The normalized spacial score (nSPS) is 19.6. The Morgan fingerprint density at radius 1 is 1.31 bits per heavy atom. The van der Waals surface area contributed by atoms with Crippen molar-refractivity contribution in [2.24, 2.45) is 5.92 Å². The second-order valence-electron chi connectivity index (χ2n) is 4.06. The van der Waals surface area contributed by atoms with E-state index in [0.29, 0.717) is 0 Å². The van der Waals surface area contributed by atoms with Crippen molar-refractivity contribution >= 4 is 0 Å². The molecule has 3 nitrogen and oxygen atoms in total. The van der Waals surface area contributed by atoms with Crippen molar-refractivity contribution in [2.75, 3.05) is 46.9 Å². The van der Waals surface area contributed by atoms with Crippen LogP contribution in [0.2, 0.25) is 0 Å². The monoisotopic (exact) mass is 186 g/mol. The van der Waals surface area contributed by atoms with E-state index < -0.39 is 0 Å². The molecule has 0 unspecified atom stereocenters. The molecule has 0 radical (unpaired) electrons. The molecular weight excluding hydrogens is 164 g/mol. The van der Waals surface area contributed by atoms with Crippen molar-refractivity contribution in [3.63, 3.8) is 0 Å². The van der Waals surface area contributed by atoms with E-state index in [0.717, 1.165) is 38.8 Å². The van der Waals surface area contributed by atoms with Gasteiger partial charge in [-0.05, 0) is 39.4 Å². The predicted octanol–water partition coefficient (Wildman–Crippen LogP) is 0.564. The quantitative estimate of drug-likeness (QED) is 0.635. The highest BCUT2D eigenvalue weighted by Crippen LogP contribution is 2.12. The third-order valence-corrected chi connectivity index (χ3v) is 2.51. The molecule has 0 aromatic rings. The van der Waals surface area contributed by atoms with Crippen molar-refractivity contribution in [3.05, 3.63) is 0 Å². The van der Waals surface area contributed by atoms with Crippen LogP contribution in [0.25, 0.3) is 0 Å². The van der Waals surface area contributed by atoms with Gasteiger partial charge in [0.2, 0.25) is 0 Å². The van der Waals surface area contributed by atoms with Crippen molar-refractivity contribution in [1.29, 1.82) is 0 Å². The molecule has 0 aromatic heterocycles. The number of hydrogen-bond acceptors (Lipinski definition) is 3. The summed E-state index contributed by atoms with van der Waals surface area (Å²) in [7, 11) is 4.21. The molecule has 78 valence electrons. The maximum atomic E-state index is 5.31. The first-order chi connectivity index (χ1) is 6.29. The first-order valence-corrected chi connectivity index (χ1v) is 5.22. The van der Waals surface area contributed by atoms with Gasteiger partial charge in [0.25, 0.3) is 0 Å². The molecule has 1 fully saturated rings. The average Bonchev–Trinajstić information content (AvgIpc) is 2.14. The van der Waals surface area contributed by atoms with Gasteiger partial charge < -0.3 is 15.0 Å². The van der Waals surface area contributed by atoms with Gasteiger partial charge in [0, 0.05) is 26.3 Å². The Balaban J connectivity index is 1.92. The van der Waals surface area contributed by atoms with Crippen LogP contribution in [0.3, 0.4) is 0 Å². The summed E-state index contributed by atoms with van der Waals surface area (Å²) in [4.78, 5) is 2.21. The SMILES string of the molecule is CN(C)CCNCC1CCOCC1. The molecule has 0 spiro atoms. The van der Waals surface area contributed by atoms with E-state index in [-0.39, 0.29) is 0 Å². The lowest BCUT2D eigenvalue weighted by atomic mass is 10.0. The molecule has 1 aliphatic heterocycles. The van der Waals surface area contributed by atoms with Crippen LogP contribution in [-0.2, 0) is 4.74 Å². The second-order valence-corrected chi connectivity index (χ2v) is 4.06. The highest BCUT2D eigenvalue weighted by molar-refractivity contribution is 4.66. The van der Waals surface area contributed by atoms with Crippen LogP contribution in [-0.4, -0.2) is 51.8 Å². The maximum Gasteiger partial charge on any atom is 0.0469 e. The Hall–Kier alpha value is -0.120. The van der Waals surface area contributed by atoms with Gasteiger partial charge >= 0.3 is 0 Å². The summed E-state index contributed by atoms with van der Waals surface area (Å²) in [6.07, 6.45) is 2.46. The smallest absolute Gasteiger partial charge is 0.0469 e. The molecule has 0 amide bonds. The zero-order valence-electron chi connectivity index (χ0n) is 8.88. The van der Waals surface area contributed by atoms with Gasteiger partial charge in [-0.2, -0.15) is 0 Å². The lowest BCUT2D eigenvalue weighted by molar-refractivity contribution is 0.0662. The molecule has 1 N–H and O–H groups in total. The summed E-state index contributed by atoms with van der Waals surface area (Å²) in [5, 5.41) is 3.49. The van der Waals surface area contributed by atoms with Crippen molar-refractivity contribution < 1.29 is 4.74 Å². The number of ether oxygens (including phenoxy) is 1. The minimum atomic E-state index is 0.843. The molecule has 1 saturated heterocycles. The highest BCUT2D eigenvalue weighted by atomic mass is 16.5. The van der Waals surface area contributed by atoms with E-state index in [9.17, 15) is 0 Å². The van der Waals surface area contributed by atoms with Crippen LogP contribution < -0.4 is 5.32 Å². The second kappa shape index (κ2) is 6.35. The Morgan fingerprint density at radius 3 is 2.62 bits per heavy atom. The number of rotatable bonds is 5. The van der Waals surface area contributed by atoms with Crippen LogP contribution in [0.15, 0.2) is 0 Å². The van der Waals surface area contributed by atoms with Gasteiger partial charge in [0.1, 0.15) is 0 Å². The number of hydrogen-bond donors (Lipinski definition) is 1. The molecule has 1 aliphatic rings. The Labute approximate surface area is 81.4 Å². The zero-order chi connectivity index (χ0) is 9.52. The molecule has 1 heterocycles. The number of nitrogens with zero attached hydrogens (tertiary/aromatic N) is 1. The molecule has 0 atom stereocenters. The Kier molecular flexibility index (Phi) is 5.35. The lowest BCUT2D eigenvalue weighted by Crippen LogP contribution is -2.32. The number of nitrogens with one attached hydrogen (secondary N) is 1. The Morgan fingerprint density at radius 2 is 2.00 bits per heavy atom. The highest BCUT2D eigenvalue weighted by Gasteiger charge is 2.12. The van der Waals surface area contributed by atoms with Gasteiger partial charge in [-0.15, -0.1) is 0 Å². The molecule has 0 aromatic carbocycles. The van der Waals surface area contributed by atoms with E-state index in [1.54, 1.807) is 0 Å². The molecule has 0 bridgehead atoms. The van der Waals surface area contributed by atoms with E-state index in [1.807, 2.05) is 0 Å². The van der Waals surface area contributed by atoms with Crippen LogP contribution >= 0.6 is 0 Å². The van der Waals surface area contributed by atoms with E-state index in [2.05, 4.69) is 24.3 Å². The zero-order valence-corrected chi connectivity index (χ0v) is 8.88. The van der Waals surface area contributed by atoms with Crippen LogP contribution in [0.4, 0.5) is 0 Å². The first kappa shape index (κ1) is 11.0. The van der Waals surface area contributed by atoms with E-state index in [1.165, 1.54) is 12.8 Å². The fourth-order valence-corrected chi connectivity index (χ4v) is 1.56. The molecule has 0 aliphatic carbocycles. The molecular formula is C10H22N2O. The standard InChI is InChI=1S/C10H22N2O/c1-12(2)6-5-11-9-10-3-7-13-8-4-10/h10-11H,3-9H2,1-2H3. The van der Waals surface area contributed by atoms with Crippen LogP contribution in [0.1, 0.15) is 12.8 Å². The van der Waals surface area contributed by atoms with Gasteiger partial charge in [-0.3, -0.25) is 0 Å². The first-order valence-electron chi connectivity index (χ1n) is 5.22. The summed E-state index contributed by atoms with van der Waals surface area (Å²) >= 11 is 0. The predicted molar refractivity (Wildman–Crippen MR) is 55.0 cm³/mol. The van der Waals surface area contributed by atoms with E-state index >= 15 is 0 Å². The van der Waals surface area contributed by atoms with Crippen molar-refractivity contribution in [1.82, 2.24) is 10.2 Å². The molecule has 0 saturated carbocycles. The summed E-state index contributed by atoms with van der Waals surface area (Å²) in [6, 6.07) is 0. The average molecular weight is 186 g/mol. The van der Waals surface area contributed by atoms with Crippen LogP contribution in [0.5, 0.6) is 0 Å². The topological polar surface area (TPSA) is 24.5 Å². The minimum Gasteiger partial charge on any atom is -0.381 e. The van der Waals surface area contributed by atoms with Gasteiger partial charge in [0.05, 0.1) is 0 Å². The van der Waals surface area contributed by atoms with Gasteiger partial charge in [-0.1, -0.05) is 0 Å². The molecule has 13 heavy (non-hydrogen) atoms. The molecule has 1 rings (SSSR count). The minimum absolute atomic E-state index is 0.843.